The Hall–Kier alpha value is -3.54. The highest BCUT2D eigenvalue weighted by Crippen LogP contribution is 2.28. The first-order chi connectivity index (χ1) is 13.6. The Morgan fingerprint density at radius 1 is 1.04 bits per heavy atom. The molecule has 0 fully saturated rings. The summed E-state index contributed by atoms with van der Waals surface area (Å²) in [4.78, 5) is 16.8. The van der Waals surface area contributed by atoms with Gasteiger partial charge in [0, 0.05) is 0 Å². The van der Waals surface area contributed by atoms with Crippen LogP contribution in [-0.2, 0) is 0 Å². The van der Waals surface area contributed by atoms with Crippen molar-refractivity contribution in [3.8, 4) is 11.5 Å². The molecule has 0 aliphatic rings. The van der Waals surface area contributed by atoms with E-state index in [0.29, 0.717) is 23.7 Å². The molecule has 0 aliphatic heterocycles. The van der Waals surface area contributed by atoms with E-state index in [-0.39, 0.29) is 5.91 Å². The van der Waals surface area contributed by atoms with E-state index in [0.717, 1.165) is 22.7 Å². The molecule has 0 bridgehead atoms. The first-order valence-corrected chi connectivity index (χ1v) is 9.01. The van der Waals surface area contributed by atoms with Crippen molar-refractivity contribution in [1.82, 2.24) is 4.98 Å². The number of aromatic nitrogens is 1. The van der Waals surface area contributed by atoms with Crippen LogP contribution < -0.4 is 20.1 Å². The molecule has 0 atom stereocenters. The molecule has 0 radical (unpaired) electrons. The fourth-order valence-electron chi connectivity index (χ4n) is 2.71. The van der Waals surface area contributed by atoms with Crippen molar-refractivity contribution in [3.63, 3.8) is 0 Å². The largest absolute Gasteiger partial charge is 0.495 e. The molecule has 3 aromatic rings. The number of nitrogens with one attached hydrogen (secondary N) is 2. The molecule has 1 amide bonds. The van der Waals surface area contributed by atoms with Crippen molar-refractivity contribution in [1.29, 1.82) is 0 Å². The van der Waals surface area contributed by atoms with Crippen molar-refractivity contribution in [2.45, 2.75) is 13.8 Å². The maximum Gasteiger partial charge on any atom is 0.274 e. The van der Waals surface area contributed by atoms with Crippen LogP contribution in [0.25, 0.3) is 0 Å². The maximum atomic E-state index is 12.5. The lowest BCUT2D eigenvalue weighted by atomic mass is 10.2. The normalized spacial score (nSPS) is 10.2. The molecule has 6 nitrogen and oxygen atoms in total. The second-order valence-electron chi connectivity index (χ2n) is 6.14. The van der Waals surface area contributed by atoms with Gasteiger partial charge in [0.15, 0.2) is 0 Å². The third-order valence-corrected chi connectivity index (χ3v) is 4.07. The molecule has 28 heavy (non-hydrogen) atoms. The number of methoxy groups -OCH3 is 1. The summed E-state index contributed by atoms with van der Waals surface area (Å²) >= 11 is 0. The van der Waals surface area contributed by atoms with E-state index in [2.05, 4.69) is 15.6 Å². The molecule has 0 unspecified atom stereocenters. The molecule has 6 heteroatoms. The predicted molar refractivity (Wildman–Crippen MR) is 111 cm³/mol. The van der Waals surface area contributed by atoms with Crippen molar-refractivity contribution < 1.29 is 14.3 Å². The zero-order valence-electron chi connectivity index (χ0n) is 16.2. The standard InChI is InChI=1S/C22H23N3O3/c1-4-28-21-8-6-5-7-17(21)25-22(26)18-11-10-16(14-23-18)24-19-13-15(2)9-12-20(19)27-3/h5-14,24H,4H2,1-3H3,(H,25,26). The van der Waals surface area contributed by atoms with Gasteiger partial charge in [0.1, 0.15) is 17.2 Å². The molecular formula is C22H23N3O3. The molecule has 0 spiro atoms. The summed E-state index contributed by atoms with van der Waals surface area (Å²) in [5, 5.41) is 6.11. The zero-order chi connectivity index (χ0) is 19.9. The van der Waals surface area contributed by atoms with Gasteiger partial charge in [0.25, 0.3) is 5.91 Å². The average Bonchev–Trinajstić information content (AvgIpc) is 2.70. The van der Waals surface area contributed by atoms with Gasteiger partial charge in [-0.3, -0.25) is 4.79 Å². The average molecular weight is 377 g/mol. The number of carbonyl (C=O) groups excluding carboxylic acids is 1. The Morgan fingerprint density at radius 3 is 2.57 bits per heavy atom. The monoisotopic (exact) mass is 377 g/mol. The van der Waals surface area contributed by atoms with Crippen LogP contribution in [0, 0.1) is 6.92 Å². The topological polar surface area (TPSA) is 72.5 Å². The third-order valence-electron chi connectivity index (χ3n) is 4.07. The van der Waals surface area contributed by atoms with Crippen LogP contribution in [0.3, 0.4) is 0 Å². The second-order valence-corrected chi connectivity index (χ2v) is 6.14. The molecule has 1 heterocycles. The van der Waals surface area contributed by atoms with Gasteiger partial charge < -0.3 is 20.1 Å². The summed E-state index contributed by atoms with van der Waals surface area (Å²) in [6.45, 7) is 4.43. The lowest BCUT2D eigenvalue weighted by Crippen LogP contribution is -2.14. The number of carbonyl (C=O) groups is 1. The Balaban J connectivity index is 1.72. The zero-order valence-corrected chi connectivity index (χ0v) is 16.2. The molecule has 144 valence electrons. The number of rotatable bonds is 7. The number of anilines is 3. The molecule has 1 aromatic heterocycles. The number of aryl methyl sites for hydroxylation is 1. The number of para-hydroxylation sites is 2. The fourth-order valence-corrected chi connectivity index (χ4v) is 2.71. The number of ether oxygens (including phenoxy) is 2. The van der Waals surface area contributed by atoms with Gasteiger partial charge in [-0.1, -0.05) is 18.2 Å². The van der Waals surface area contributed by atoms with Crippen LogP contribution in [0.1, 0.15) is 23.0 Å². The van der Waals surface area contributed by atoms with Crippen LogP contribution in [0.15, 0.2) is 60.8 Å². The highest BCUT2D eigenvalue weighted by atomic mass is 16.5. The molecule has 0 saturated heterocycles. The van der Waals surface area contributed by atoms with Gasteiger partial charge in [-0.15, -0.1) is 0 Å². The second kappa shape index (κ2) is 8.90. The van der Waals surface area contributed by atoms with E-state index in [1.807, 2.05) is 50.2 Å². The summed E-state index contributed by atoms with van der Waals surface area (Å²) in [6, 6.07) is 16.7. The van der Waals surface area contributed by atoms with E-state index in [1.54, 1.807) is 31.5 Å². The molecular weight excluding hydrogens is 354 g/mol. The first kappa shape index (κ1) is 19.2. The van der Waals surface area contributed by atoms with Gasteiger partial charge >= 0.3 is 0 Å². The van der Waals surface area contributed by atoms with Crippen molar-refractivity contribution in [2.75, 3.05) is 24.4 Å². The molecule has 0 aliphatic carbocycles. The summed E-state index contributed by atoms with van der Waals surface area (Å²) < 4.78 is 10.9. The molecule has 2 aromatic carbocycles. The van der Waals surface area contributed by atoms with E-state index >= 15 is 0 Å². The van der Waals surface area contributed by atoms with Crippen LogP contribution in [0.2, 0.25) is 0 Å². The van der Waals surface area contributed by atoms with Gasteiger partial charge in [-0.2, -0.15) is 0 Å². The number of nitrogens with zero attached hydrogens (tertiary/aromatic N) is 1. The maximum absolute atomic E-state index is 12.5. The van der Waals surface area contributed by atoms with Crippen molar-refractivity contribution >= 4 is 23.0 Å². The van der Waals surface area contributed by atoms with Crippen LogP contribution in [-0.4, -0.2) is 24.6 Å². The van der Waals surface area contributed by atoms with Crippen LogP contribution in [0.4, 0.5) is 17.1 Å². The summed E-state index contributed by atoms with van der Waals surface area (Å²) in [7, 11) is 1.63. The lowest BCUT2D eigenvalue weighted by molar-refractivity contribution is 0.102. The van der Waals surface area contributed by atoms with Crippen molar-refractivity contribution in [2.24, 2.45) is 0 Å². The highest BCUT2D eigenvalue weighted by Gasteiger charge is 2.11. The van der Waals surface area contributed by atoms with E-state index in [9.17, 15) is 4.79 Å². The molecule has 2 N–H and O–H groups in total. The quantitative estimate of drug-likeness (QED) is 0.619. The summed E-state index contributed by atoms with van der Waals surface area (Å²) in [6.07, 6.45) is 1.62. The smallest absolute Gasteiger partial charge is 0.274 e. The van der Waals surface area contributed by atoms with Gasteiger partial charge in [0.05, 0.1) is 37.0 Å². The third kappa shape index (κ3) is 4.59. The number of hydrogen-bond acceptors (Lipinski definition) is 5. The number of benzene rings is 2. The Labute approximate surface area is 164 Å². The van der Waals surface area contributed by atoms with Gasteiger partial charge in [0.2, 0.25) is 0 Å². The number of pyridine rings is 1. The number of hydrogen-bond donors (Lipinski definition) is 2. The van der Waals surface area contributed by atoms with E-state index in [4.69, 9.17) is 9.47 Å². The minimum absolute atomic E-state index is 0.299. The highest BCUT2D eigenvalue weighted by molar-refractivity contribution is 6.03. The van der Waals surface area contributed by atoms with E-state index < -0.39 is 0 Å². The Morgan fingerprint density at radius 2 is 1.86 bits per heavy atom. The predicted octanol–water partition coefficient (Wildman–Crippen LogP) is 4.79. The number of amides is 1. The van der Waals surface area contributed by atoms with E-state index in [1.165, 1.54) is 0 Å². The molecule has 0 saturated carbocycles. The summed E-state index contributed by atoms with van der Waals surface area (Å²) in [5.74, 6) is 1.06. The SMILES string of the molecule is CCOc1ccccc1NC(=O)c1ccc(Nc2cc(C)ccc2OC)cn1. The van der Waals surface area contributed by atoms with Crippen molar-refractivity contribution in [3.05, 3.63) is 72.1 Å². The fraction of sp³-hybridized carbons (Fsp3) is 0.182. The minimum Gasteiger partial charge on any atom is -0.495 e. The van der Waals surface area contributed by atoms with Gasteiger partial charge in [-0.25, -0.2) is 4.98 Å². The Kier molecular flexibility index (Phi) is 6.11. The lowest BCUT2D eigenvalue weighted by Gasteiger charge is -2.13. The Bertz CT molecular complexity index is 955. The van der Waals surface area contributed by atoms with Crippen LogP contribution in [0.5, 0.6) is 11.5 Å². The molecule has 3 rings (SSSR count). The minimum atomic E-state index is -0.299. The van der Waals surface area contributed by atoms with Crippen LogP contribution >= 0.6 is 0 Å². The first-order valence-electron chi connectivity index (χ1n) is 9.01. The van der Waals surface area contributed by atoms with Gasteiger partial charge in [-0.05, 0) is 55.8 Å². The summed E-state index contributed by atoms with van der Waals surface area (Å²) in [5.41, 5.74) is 3.64.